The molecule has 0 aliphatic carbocycles. The van der Waals surface area contributed by atoms with Crippen molar-refractivity contribution in [2.75, 3.05) is 31.2 Å². The Bertz CT molecular complexity index is 1320. The number of hydrogen-bond donors (Lipinski definition) is 1. The Labute approximate surface area is 211 Å². The summed E-state index contributed by atoms with van der Waals surface area (Å²) in [4.78, 5) is 23.3. The average Bonchev–Trinajstić information content (AvgIpc) is 3.34. The zero-order valence-corrected chi connectivity index (χ0v) is 19.6. The summed E-state index contributed by atoms with van der Waals surface area (Å²) >= 11 is 0. The van der Waals surface area contributed by atoms with Gasteiger partial charge in [0.1, 0.15) is 6.07 Å². The van der Waals surface area contributed by atoms with Crippen molar-refractivity contribution < 1.29 is 35.9 Å². The van der Waals surface area contributed by atoms with Crippen molar-refractivity contribution in [3.05, 3.63) is 64.6 Å². The van der Waals surface area contributed by atoms with Crippen LogP contribution in [0.25, 0.3) is 5.82 Å². The van der Waals surface area contributed by atoms with Crippen LogP contribution in [-0.4, -0.2) is 52.0 Å². The number of ether oxygens (including phenoxy) is 1. The molecule has 1 N–H and O–H groups in total. The maximum Gasteiger partial charge on any atom is 0.416 e. The highest BCUT2D eigenvalue weighted by molar-refractivity contribution is 5.94. The summed E-state index contributed by atoms with van der Waals surface area (Å²) in [7, 11) is 0. The summed E-state index contributed by atoms with van der Waals surface area (Å²) in [6.07, 6.45) is -8.91. The smallest absolute Gasteiger partial charge is 0.378 e. The highest BCUT2D eigenvalue weighted by atomic mass is 19.4. The largest absolute Gasteiger partial charge is 0.416 e. The molecule has 15 heteroatoms. The first-order chi connectivity index (χ1) is 17.9. The van der Waals surface area contributed by atoms with Gasteiger partial charge in [0.2, 0.25) is 5.95 Å². The quantitative estimate of drug-likeness (QED) is 0.490. The molecule has 9 nitrogen and oxygen atoms in total. The van der Waals surface area contributed by atoms with Crippen LogP contribution in [0, 0.1) is 11.3 Å². The van der Waals surface area contributed by atoms with Crippen LogP contribution >= 0.6 is 0 Å². The molecule has 0 bridgehead atoms. The standard InChI is InChI=1S/C23H19F6N7O2/c1-13(32-20(37)15-8-16(22(24,25)26)10-17(9-15)23(27,28)29)19-33-21(35-4-6-38-7-5-35)34-36(19)18-3-2-14(11-30)12-31-18/h2-3,8-10,12-13H,4-7H2,1H3,(H,32,37)/t13-/m0/s1. The van der Waals surface area contributed by atoms with E-state index in [0.29, 0.717) is 38.4 Å². The number of alkyl halides is 6. The van der Waals surface area contributed by atoms with Gasteiger partial charge in [-0.1, -0.05) is 0 Å². The maximum absolute atomic E-state index is 13.2. The van der Waals surface area contributed by atoms with Crippen molar-refractivity contribution in [1.82, 2.24) is 25.1 Å². The Morgan fingerprint density at radius 2 is 1.71 bits per heavy atom. The number of amides is 1. The van der Waals surface area contributed by atoms with Crippen LogP contribution in [0.4, 0.5) is 32.3 Å². The van der Waals surface area contributed by atoms with E-state index < -0.39 is 41.0 Å². The van der Waals surface area contributed by atoms with Gasteiger partial charge in [0.05, 0.1) is 35.9 Å². The van der Waals surface area contributed by atoms with Crippen molar-refractivity contribution in [2.45, 2.75) is 25.3 Å². The number of aromatic nitrogens is 4. The first-order valence-corrected chi connectivity index (χ1v) is 11.1. The monoisotopic (exact) mass is 539 g/mol. The lowest BCUT2D eigenvalue weighted by Gasteiger charge is -2.25. The molecule has 0 radical (unpaired) electrons. The molecule has 1 amide bonds. The molecule has 1 aliphatic heterocycles. The van der Waals surface area contributed by atoms with Crippen LogP contribution in [0.3, 0.4) is 0 Å². The fourth-order valence-corrected chi connectivity index (χ4v) is 3.67. The molecule has 3 aromatic rings. The van der Waals surface area contributed by atoms with Gasteiger partial charge in [0, 0.05) is 24.8 Å². The number of carbonyl (C=O) groups excluding carboxylic acids is 1. The number of morpholine rings is 1. The third kappa shape index (κ3) is 5.86. The van der Waals surface area contributed by atoms with E-state index in [2.05, 4.69) is 20.4 Å². The van der Waals surface area contributed by atoms with E-state index in [1.165, 1.54) is 29.9 Å². The van der Waals surface area contributed by atoms with Crippen LogP contribution in [0.1, 0.15) is 45.8 Å². The summed E-state index contributed by atoms with van der Waals surface area (Å²) in [5.74, 6) is -0.580. The summed E-state index contributed by atoms with van der Waals surface area (Å²) < 4.78 is 86.0. The van der Waals surface area contributed by atoms with E-state index in [1.807, 2.05) is 11.0 Å². The lowest BCUT2D eigenvalue weighted by atomic mass is 10.0. The van der Waals surface area contributed by atoms with Crippen LogP contribution < -0.4 is 10.2 Å². The van der Waals surface area contributed by atoms with E-state index in [-0.39, 0.29) is 29.2 Å². The number of halogens is 6. The third-order valence-electron chi connectivity index (χ3n) is 5.59. The lowest BCUT2D eigenvalue weighted by molar-refractivity contribution is -0.143. The Morgan fingerprint density at radius 3 is 2.24 bits per heavy atom. The van der Waals surface area contributed by atoms with Gasteiger partial charge in [-0.3, -0.25) is 4.79 Å². The van der Waals surface area contributed by atoms with Gasteiger partial charge in [-0.2, -0.15) is 41.3 Å². The van der Waals surface area contributed by atoms with E-state index >= 15 is 0 Å². The van der Waals surface area contributed by atoms with Gasteiger partial charge < -0.3 is 15.0 Å². The Hall–Kier alpha value is -4.19. The number of benzene rings is 1. The second-order valence-electron chi connectivity index (χ2n) is 8.29. The van der Waals surface area contributed by atoms with Crippen molar-refractivity contribution in [3.63, 3.8) is 0 Å². The number of carbonyl (C=O) groups is 1. The number of hydrogen-bond acceptors (Lipinski definition) is 7. The first kappa shape index (κ1) is 26.9. The minimum Gasteiger partial charge on any atom is -0.378 e. The minimum atomic E-state index is -5.10. The third-order valence-corrected chi connectivity index (χ3v) is 5.59. The van der Waals surface area contributed by atoms with Gasteiger partial charge in [-0.05, 0) is 37.3 Å². The highest BCUT2D eigenvalue weighted by Gasteiger charge is 2.37. The predicted octanol–water partition coefficient (Wildman–Crippen LogP) is 3.90. The molecule has 4 rings (SSSR count). The van der Waals surface area contributed by atoms with Gasteiger partial charge in [-0.15, -0.1) is 5.10 Å². The van der Waals surface area contributed by atoms with Crippen molar-refractivity contribution >= 4 is 11.9 Å². The predicted molar refractivity (Wildman–Crippen MR) is 119 cm³/mol. The normalized spacial score (nSPS) is 15.2. The van der Waals surface area contributed by atoms with E-state index in [4.69, 9.17) is 10.00 Å². The number of anilines is 1. The Balaban J connectivity index is 1.69. The molecule has 2 aromatic heterocycles. The van der Waals surface area contributed by atoms with Crippen molar-refractivity contribution in [2.24, 2.45) is 0 Å². The lowest BCUT2D eigenvalue weighted by Crippen LogP contribution is -2.37. The molecule has 0 unspecified atom stereocenters. The summed E-state index contributed by atoms with van der Waals surface area (Å²) in [6.45, 7) is 3.22. The average molecular weight is 539 g/mol. The number of rotatable bonds is 5. The molecule has 1 atom stereocenters. The summed E-state index contributed by atoms with van der Waals surface area (Å²) in [6, 6.07) is 4.51. The summed E-state index contributed by atoms with van der Waals surface area (Å²) in [5.41, 5.74) is -3.76. The molecule has 1 aliphatic rings. The molecular formula is C23H19F6N7O2. The number of nitrogens with zero attached hydrogens (tertiary/aromatic N) is 6. The topological polar surface area (TPSA) is 109 Å². The fraction of sp³-hybridized carbons (Fsp3) is 0.348. The molecule has 0 saturated carbocycles. The van der Waals surface area contributed by atoms with Crippen molar-refractivity contribution in [1.29, 1.82) is 5.26 Å². The second kappa shape index (κ2) is 10.3. The van der Waals surface area contributed by atoms with Crippen LogP contribution in [-0.2, 0) is 17.1 Å². The van der Waals surface area contributed by atoms with Crippen LogP contribution in [0.15, 0.2) is 36.5 Å². The van der Waals surface area contributed by atoms with E-state index in [1.54, 1.807) is 0 Å². The Morgan fingerprint density at radius 1 is 1.08 bits per heavy atom. The fourth-order valence-electron chi connectivity index (χ4n) is 3.67. The SMILES string of the molecule is C[C@H](NC(=O)c1cc(C(F)(F)F)cc(C(F)(F)F)c1)c1nc(N2CCOCC2)nn1-c1ccc(C#N)cn1. The van der Waals surface area contributed by atoms with Gasteiger partial charge >= 0.3 is 12.4 Å². The first-order valence-electron chi connectivity index (χ1n) is 11.1. The van der Waals surface area contributed by atoms with E-state index in [0.717, 1.165) is 0 Å². The zero-order valence-electron chi connectivity index (χ0n) is 19.6. The van der Waals surface area contributed by atoms with Crippen LogP contribution in [0.5, 0.6) is 0 Å². The molecule has 3 heterocycles. The van der Waals surface area contributed by atoms with Crippen LogP contribution in [0.2, 0.25) is 0 Å². The minimum absolute atomic E-state index is 0.0536. The second-order valence-corrected chi connectivity index (χ2v) is 8.29. The molecule has 38 heavy (non-hydrogen) atoms. The number of pyridine rings is 1. The zero-order chi connectivity index (χ0) is 27.7. The van der Waals surface area contributed by atoms with Gasteiger partial charge in [0.25, 0.3) is 5.91 Å². The maximum atomic E-state index is 13.2. The molecule has 1 aromatic carbocycles. The Kier molecular flexibility index (Phi) is 7.27. The molecular weight excluding hydrogens is 520 g/mol. The molecule has 1 fully saturated rings. The number of nitrogens with one attached hydrogen (secondary N) is 1. The highest BCUT2D eigenvalue weighted by Crippen LogP contribution is 2.36. The molecule has 0 spiro atoms. The van der Waals surface area contributed by atoms with E-state index in [9.17, 15) is 31.1 Å². The van der Waals surface area contributed by atoms with Crippen molar-refractivity contribution in [3.8, 4) is 11.9 Å². The molecule has 1 saturated heterocycles. The van der Waals surface area contributed by atoms with Gasteiger partial charge in [0.15, 0.2) is 11.6 Å². The number of nitriles is 1. The van der Waals surface area contributed by atoms with Gasteiger partial charge in [-0.25, -0.2) is 4.98 Å². The molecule has 200 valence electrons. The summed E-state index contributed by atoms with van der Waals surface area (Å²) in [5, 5.41) is 15.9.